The molecule has 146 valence electrons. The Hall–Kier alpha value is -1.77. The van der Waals surface area contributed by atoms with Crippen molar-refractivity contribution >= 4 is 0 Å². The molecule has 1 aliphatic carbocycles. The smallest absolute Gasteiger partial charge is 0.162 e. The first-order chi connectivity index (χ1) is 13.0. The van der Waals surface area contributed by atoms with Crippen molar-refractivity contribution in [2.45, 2.75) is 77.0 Å². The molecule has 0 aromatic heterocycles. The topological polar surface area (TPSA) is 0 Å². The van der Waals surface area contributed by atoms with Gasteiger partial charge in [-0.1, -0.05) is 44.5 Å². The van der Waals surface area contributed by atoms with Crippen LogP contribution in [0.15, 0.2) is 30.3 Å². The molecule has 0 spiro atoms. The van der Waals surface area contributed by atoms with E-state index in [2.05, 4.69) is 0 Å². The number of unbranched alkanes of at least 4 members (excludes halogenated alkanes) is 1. The lowest BCUT2D eigenvalue weighted by Crippen LogP contribution is -2.15. The van der Waals surface area contributed by atoms with Crippen LogP contribution in [0, 0.1) is 17.5 Å². The predicted octanol–water partition coefficient (Wildman–Crippen LogP) is 7.45. The Kier molecular flexibility index (Phi) is 6.62. The fraction of sp³-hybridized carbons (Fsp3) is 0.500. The van der Waals surface area contributed by atoms with Gasteiger partial charge in [0.1, 0.15) is 5.82 Å². The van der Waals surface area contributed by atoms with Crippen molar-refractivity contribution in [3.05, 3.63) is 70.0 Å². The molecule has 0 N–H and O–H groups in total. The molecule has 2 aromatic rings. The molecule has 0 unspecified atom stereocenters. The molecule has 3 rings (SSSR count). The fourth-order valence-corrected chi connectivity index (χ4v) is 4.32. The van der Waals surface area contributed by atoms with Crippen LogP contribution in [0.3, 0.4) is 0 Å². The third kappa shape index (κ3) is 4.39. The van der Waals surface area contributed by atoms with Crippen LogP contribution < -0.4 is 0 Å². The van der Waals surface area contributed by atoms with Gasteiger partial charge in [0.2, 0.25) is 0 Å². The van der Waals surface area contributed by atoms with Crippen LogP contribution in [0.2, 0.25) is 0 Å². The van der Waals surface area contributed by atoms with Gasteiger partial charge in [0.25, 0.3) is 0 Å². The molecule has 0 nitrogen and oxygen atoms in total. The van der Waals surface area contributed by atoms with Crippen molar-refractivity contribution in [1.82, 2.24) is 0 Å². The largest absolute Gasteiger partial charge is 0.207 e. The Morgan fingerprint density at radius 2 is 1.44 bits per heavy atom. The summed E-state index contributed by atoms with van der Waals surface area (Å²) in [6.07, 6.45) is 6.39. The number of halogens is 3. The van der Waals surface area contributed by atoms with E-state index in [1.807, 2.05) is 26.0 Å². The molecule has 3 heteroatoms. The van der Waals surface area contributed by atoms with E-state index in [-0.39, 0.29) is 17.7 Å². The van der Waals surface area contributed by atoms with Crippen molar-refractivity contribution in [2.75, 3.05) is 0 Å². The van der Waals surface area contributed by atoms with Crippen LogP contribution >= 0.6 is 0 Å². The average molecular weight is 374 g/mol. The summed E-state index contributed by atoms with van der Waals surface area (Å²) in [5.41, 5.74) is 2.75. The van der Waals surface area contributed by atoms with Crippen LogP contribution in [0.5, 0.6) is 0 Å². The highest BCUT2D eigenvalue weighted by molar-refractivity contribution is 5.31. The molecule has 0 bridgehead atoms. The van der Waals surface area contributed by atoms with Gasteiger partial charge in [0.15, 0.2) is 11.6 Å². The summed E-state index contributed by atoms with van der Waals surface area (Å²) >= 11 is 0. The van der Waals surface area contributed by atoms with Crippen molar-refractivity contribution in [2.24, 2.45) is 0 Å². The van der Waals surface area contributed by atoms with E-state index < -0.39 is 11.6 Å². The molecule has 1 fully saturated rings. The molecule has 0 saturated heterocycles. The Bertz CT molecular complexity index is 773. The van der Waals surface area contributed by atoms with Gasteiger partial charge in [-0.15, -0.1) is 0 Å². The molecule has 27 heavy (non-hydrogen) atoms. The minimum absolute atomic E-state index is 0.0222. The highest BCUT2D eigenvalue weighted by Gasteiger charge is 2.28. The van der Waals surface area contributed by atoms with Crippen molar-refractivity contribution < 1.29 is 13.2 Å². The van der Waals surface area contributed by atoms with Gasteiger partial charge in [-0.05, 0) is 85.1 Å². The summed E-state index contributed by atoms with van der Waals surface area (Å²) in [5, 5.41) is 0. The van der Waals surface area contributed by atoms with E-state index in [1.54, 1.807) is 18.2 Å². The summed E-state index contributed by atoms with van der Waals surface area (Å²) in [6.45, 7) is 4.06. The Morgan fingerprint density at radius 1 is 0.815 bits per heavy atom. The van der Waals surface area contributed by atoms with Gasteiger partial charge in [-0.25, -0.2) is 13.2 Å². The van der Waals surface area contributed by atoms with Gasteiger partial charge >= 0.3 is 0 Å². The Labute approximate surface area is 160 Å². The van der Waals surface area contributed by atoms with Crippen LogP contribution in [0.1, 0.15) is 86.5 Å². The number of rotatable bonds is 6. The lowest BCUT2D eigenvalue weighted by Gasteiger charge is -2.30. The first-order valence-electron chi connectivity index (χ1n) is 10.3. The molecule has 0 radical (unpaired) electrons. The first kappa shape index (κ1) is 20.0. The SMILES string of the molecule is CCCCc1ccc(C2CCC(c3ccc(CC)cc3F)CC2)c(F)c1F. The van der Waals surface area contributed by atoms with E-state index >= 15 is 0 Å². The van der Waals surface area contributed by atoms with E-state index in [1.165, 1.54) is 0 Å². The van der Waals surface area contributed by atoms with Crippen molar-refractivity contribution in [3.8, 4) is 0 Å². The molecule has 0 amide bonds. The average Bonchev–Trinajstić information content (AvgIpc) is 2.69. The Morgan fingerprint density at radius 3 is 2.04 bits per heavy atom. The number of aryl methyl sites for hydroxylation is 2. The molecular weight excluding hydrogens is 345 g/mol. The molecule has 1 aliphatic rings. The van der Waals surface area contributed by atoms with Crippen LogP contribution in [0.4, 0.5) is 13.2 Å². The third-order valence-electron chi connectivity index (χ3n) is 6.07. The maximum Gasteiger partial charge on any atom is 0.162 e. The summed E-state index contributed by atoms with van der Waals surface area (Å²) in [5.74, 6) is -1.29. The van der Waals surface area contributed by atoms with Gasteiger partial charge in [0, 0.05) is 0 Å². The zero-order chi connectivity index (χ0) is 19.4. The zero-order valence-corrected chi connectivity index (χ0v) is 16.3. The van der Waals surface area contributed by atoms with Gasteiger partial charge < -0.3 is 0 Å². The fourth-order valence-electron chi connectivity index (χ4n) is 4.32. The van der Waals surface area contributed by atoms with Crippen molar-refractivity contribution in [1.29, 1.82) is 0 Å². The molecule has 2 aromatic carbocycles. The maximum atomic E-state index is 14.6. The quantitative estimate of drug-likeness (QED) is 0.492. The predicted molar refractivity (Wildman–Crippen MR) is 105 cm³/mol. The Balaban J connectivity index is 1.70. The number of hydrogen-bond acceptors (Lipinski definition) is 0. The van der Waals surface area contributed by atoms with Gasteiger partial charge in [0.05, 0.1) is 0 Å². The zero-order valence-electron chi connectivity index (χ0n) is 16.3. The summed E-state index contributed by atoms with van der Waals surface area (Å²) in [4.78, 5) is 0. The number of hydrogen-bond donors (Lipinski definition) is 0. The molecule has 0 atom stereocenters. The van der Waals surface area contributed by atoms with E-state index in [9.17, 15) is 13.2 Å². The van der Waals surface area contributed by atoms with E-state index in [4.69, 9.17) is 0 Å². The maximum absolute atomic E-state index is 14.6. The summed E-state index contributed by atoms with van der Waals surface area (Å²) < 4.78 is 43.4. The monoisotopic (exact) mass is 374 g/mol. The molecule has 0 heterocycles. The molecular formula is C24H29F3. The lowest BCUT2D eigenvalue weighted by atomic mass is 9.75. The van der Waals surface area contributed by atoms with Crippen molar-refractivity contribution in [3.63, 3.8) is 0 Å². The second kappa shape index (κ2) is 8.95. The first-order valence-corrected chi connectivity index (χ1v) is 10.3. The third-order valence-corrected chi connectivity index (χ3v) is 6.07. The van der Waals surface area contributed by atoms with Crippen LogP contribution in [-0.2, 0) is 12.8 Å². The van der Waals surface area contributed by atoms with Gasteiger partial charge in [-0.3, -0.25) is 0 Å². The number of benzene rings is 2. The minimum Gasteiger partial charge on any atom is -0.207 e. The normalized spacial score (nSPS) is 20.0. The summed E-state index contributed by atoms with van der Waals surface area (Å²) in [7, 11) is 0. The highest BCUT2D eigenvalue weighted by Crippen LogP contribution is 2.42. The molecule has 0 aliphatic heterocycles. The van der Waals surface area contributed by atoms with E-state index in [0.717, 1.165) is 56.1 Å². The van der Waals surface area contributed by atoms with Crippen LogP contribution in [0.25, 0.3) is 0 Å². The standard InChI is InChI=1S/C24H29F3/c1-3-5-6-19-12-14-21(24(27)23(19)26)18-10-8-17(9-11-18)20-13-7-16(4-2)15-22(20)25/h7,12-15,17-18H,3-6,8-11H2,1-2H3. The van der Waals surface area contributed by atoms with Crippen LogP contribution in [-0.4, -0.2) is 0 Å². The summed E-state index contributed by atoms with van der Waals surface area (Å²) in [6, 6.07) is 9.05. The second-order valence-electron chi connectivity index (χ2n) is 7.80. The highest BCUT2D eigenvalue weighted by atomic mass is 19.2. The lowest BCUT2D eigenvalue weighted by molar-refractivity contribution is 0.373. The van der Waals surface area contributed by atoms with Gasteiger partial charge in [-0.2, -0.15) is 0 Å². The molecule has 1 saturated carbocycles. The van der Waals surface area contributed by atoms with E-state index in [0.29, 0.717) is 17.5 Å². The minimum atomic E-state index is -0.677. The second-order valence-corrected chi connectivity index (χ2v) is 7.80.